The molecule has 0 saturated carbocycles. The van der Waals surface area contributed by atoms with Crippen molar-refractivity contribution in [3.05, 3.63) is 106 Å². The van der Waals surface area contributed by atoms with Crippen LogP contribution in [0, 0.1) is 10.1 Å². The van der Waals surface area contributed by atoms with E-state index in [1.54, 1.807) is 7.11 Å². The molecule has 7 heteroatoms. The zero-order valence-corrected chi connectivity index (χ0v) is 16.3. The van der Waals surface area contributed by atoms with Crippen LogP contribution in [0.25, 0.3) is 0 Å². The topological polar surface area (TPSA) is 85.0 Å². The Morgan fingerprint density at radius 3 is 2.30 bits per heavy atom. The lowest BCUT2D eigenvalue weighted by atomic mass is 9.98. The van der Waals surface area contributed by atoms with E-state index in [9.17, 15) is 14.9 Å². The van der Waals surface area contributed by atoms with E-state index >= 15 is 0 Å². The summed E-state index contributed by atoms with van der Waals surface area (Å²) in [6.45, 7) is 0. The third kappa shape index (κ3) is 3.77. The number of hydrogen-bond acceptors (Lipinski definition) is 5. The first-order valence-corrected chi connectivity index (χ1v) is 9.41. The number of methoxy groups -OCH3 is 1. The van der Waals surface area contributed by atoms with Crippen molar-refractivity contribution in [3.8, 4) is 5.75 Å². The monoisotopic (exact) mass is 401 g/mol. The van der Waals surface area contributed by atoms with E-state index in [0.717, 1.165) is 22.6 Å². The van der Waals surface area contributed by atoms with E-state index < -0.39 is 4.92 Å². The van der Waals surface area contributed by atoms with E-state index in [4.69, 9.17) is 4.74 Å². The van der Waals surface area contributed by atoms with Crippen LogP contribution in [0.2, 0.25) is 0 Å². The lowest BCUT2D eigenvalue weighted by Gasteiger charge is -2.22. The van der Waals surface area contributed by atoms with Crippen molar-refractivity contribution in [1.82, 2.24) is 5.01 Å². The zero-order chi connectivity index (χ0) is 21.1. The molecule has 4 rings (SSSR count). The number of nitro groups is 1. The summed E-state index contributed by atoms with van der Waals surface area (Å²) in [6, 6.07) is 22.6. The molecule has 0 radical (unpaired) electrons. The van der Waals surface area contributed by atoms with Crippen molar-refractivity contribution >= 4 is 17.3 Å². The van der Waals surface area contributed by atoms with Gasteiger partial charge in [0, 0.05) is 24.1 Å². The van der Waals surface area contributed by atoms with Gasteiger partial charge in [0.05, 0.1) is 23.8 Å². The third-order valence-corrected chi connectivity index (χ3v) is 5.05. The minimum Gasteiger partial charge on any atom is -0.497 e. The van der Waals surface area contributed by atoms with Gasteiger partial charge >= 0.3 is 0 Å². The number of non-ortho nitro benzene ring substituents is 1. The predicted molar refractivity (Wildman–Crippen MR) is 113 cm³/mol. The molecule has 7 nitrogen and oxygen atoms in total. The Morgan fingerprint density at radius 2 is 1.70 bits per heavy atom. The van der Waals surface area contributed by atoms with E-state index in [1.165, 1.54) is 29.3 Å². The van der Waals surface area contributed by atoms with Gasteiger partial charge < -0.3 is 4.74 Å². The fourth-order valence-electron chi connectivity index (χ4n) is 3.45. The number of benzene rings is 3. The van der Waals surface area contributed by atoms with E-state index in [2.05, 4.69) is 5.10 Å². The Hall–Kier alpha value is -4.00. The van der Waals surface area contributed by atoms with Crippen molar-refractivity contribution in [3.63, 3.8) is 0 Å². The maximum absolute atomic E-state index is 13.2. The molecule has 0 bridgehead atoms. The average molecular weight is 401 g/mol. The molecule has 0 fully saturated rings. The van der Waals surface area contributed by atoms with Gasteiger partial charge in [-0.15, -0.1) is 0 Å². The van der Waals surface area contributed by atoms with Crippen LogP contribution in [-0.4, -0.2) is 28.7 Å². The molecule has 3 aromatic carbocycles. The summed E-state index contributed by atoms with van der Waals surface area (Å²) in [4.78, 5) is 23.7. The van der Waals surface area contributed by atoms with Crippen molar-refractivity contribution in [1.29, 1.82) is 0 Å². The van der Waals surface area contributed by atoms with Gasteiger partial charge in [0.15, 0.2) is 0 Å². The molecule has 0 N–H and O–H groups in total. The number of amides is 1. The molecule has 1 amide bonds. The first-order chi connectivity index (χ1) is 14.6. The molecule has 1 aliphatic heterocycles. The molecule has 1 heterocycles. The zero-order valence-electron chi connectivity index (χ0n) is 16.3. The van der Waals surface area contributed by atoms with Gasteiger partial charge in [0.2, 0.25) is 0 Å². The molecule has 0 aromatic heterocycles. The van der Waals surface area contributed by atoms with E-state index in [-0.39, 0.29) is 17.6 Å². The molecule has 0 aliphatic carbocycles. The summed E-state index contributed by atoms with van der Waals surface area (Å²) in [5.74, 6) is 0.422. The molecule has 1 aliphatic rings. The maximum Gasteiger partial charge on any atom is 0.274 e. The number of carbonyl (C=O) groups is 1. The Kier molecular flexibility index (Phi) is 5.26. The number of nitrogens with zero attached hydrogens (tertiary/aromatic N) is 3. The molecule has 0 saturated heterocycles. The van der Waals surface area contributed by atoms with Gasteiger partial charge in [0.1, 0.15) is 5.75 Å². The normalized spacial score (nSPS) is 15.6. The Bertz CT molecular complexity index is 1090. The highest BCUT2D eigenvalue weighted by molar-refractivity contribution is 6.05. The van der Waals surface area contributed by atoms with Gasteiger partial charge in [-0.05, 0) is 35.4 Å². The number of carbonyl (C=O) groups excluding carboxylic acids is 1. The van der Waals surface area contributed by atoms with Gasteiger partial charge in [-0.2, -0.15) is 5.10 Å². The minimum absolute atomic E-state index is 0.0619. The molecule has 0 spiro atoms. The van der Waals surface area contributed by atoms with Gasteiger partial charge in [-0.1, -0.05) is 42.5 Å². The predicted octanol–water partition coefficient (Wildman–Crippen LogP) is 4.59. The van der Waals surface area contributed by atoms with Crippen molar-refractivity contribution in [2.75, 3.05) is 7.11 Å². The molecular formula is C23H19N3O4. The second-order valence-corrected chi connectivity index (χ2v) is 6.86. The Labute approximate surface area is 173 Å². The summed E-state index contributed by atoms with van der Waals surface area (Å²) in [7, 11) is 1.60. The molecule has 30 heavy (non-hydrogen) atoms. The van der Waals surface area contributed by atoms with Crippen molar-refractivity contribution in [2.24, 2.45) is 5.10 Å². The van der Waals surface area contributed by atoms with Crippen LogP contribution in [0.4, 0.5) is 5.69 Å². The second kappa shape index (κ2) is 8.16. The highest BCUT2D eigenvalue weighted by atomic mass is 16.6. The second-order valence-electron chi connectivity index (χ2n) is 6.86. The van der Waals surface area contributed by atoms with Crippen LogP contribution in [0.1, 0.15) is 33.9 Å². The first-order valence-electron chi connectivity index (χ1n) is 9.41. The number of hydrogen-bond donors (Lipinski definition) is 0. The molecule has 1 unspecified atom stereocenters. The largest absolute Gasteiger partial charge is 0.497 e. The fraction of sp³-hybridized carbons (Fsp3) is 0.130. The molecule has 1 atom stereocenters. The van der Waals surface area contributed by atoms with Crippen molar-refractivity contribution in [2.45, 2.75) is 12.5 Å². The highest BCUT2D eigenvalue weighted by Gasteiger charge is 2.33. The van der Waals surface area contributed by atoms with Crippen LogP contribution in [0.5, 0.6) is 5.75 Å². The Balaban J connectivity index is 1.69. The van der Waals surface area contributed by atoms with Gasteiger partial charge in [0.25, 0.3) is 11.6 Å². The van der Waals surface area contributed by atoms with Gasteiger partial charge in [-0.3, -0.25) is 14.9 Å². The average Bonchev–Trinajstić information content (AvgIpc) is 3.25. The van der Waals surface area contributed by atoms with Crippen LogP contribution in [0.3, 0.4) is 0 Å². The van der Waals surface area contributed by atoms with Crippen LogP contribution < -0.4 is 4.74 Å². The number of hydrazone groups is 1. The fourth-order valence-corrected chi connectivity index (χ4v) is 3.45. The lowest BCUT2D eigenvalue weighted by Crippen LogP contribution is -2.27. The summed E-state index contributed by atoms with van der Waals surface area (Å²) in [5, 5.41) is 17.0. The lowest BCUT2D eigenvalue weighted by molar-refractivity contribution is -0.384. The summed E-state index contributed by atoms with van der Waals surface area (Å²) in [5.41, 5.74) is 2.98. The summed E-state index contributed by atoms with van der Waals surface area (Å²) >= 11 is 0. The third-order valence-electron chi connectivity index (χ3n) is 5.05. The van der Waals surface area contributed by atoms with Gasteiger partial charge in [-0.25, -0.2) is 5.01 Å². The summed E-state index contributed by atoms with van der Waals surface area (Å²) in [6.07, 6.45) is 0.565. The van der Waals surface area contributed by atoms with Crippen LogP contribution in [-0.2, 0) is 0 Å². The minimum atomic E-state index is -0.490. The maximum atomic E-state index is 13.2. The van der Waals surface area contributed by atoms with Crippen molar-refractivity contribution < 1.29 is 14.5 Å². The Morgan fingerprint density at radius 1 is 1.03 bits per heavy atom. The number of rotatable bonds is 5. The molecular weight excluding hydrogens is 382 g/mol. The van der Waals surface area contributed by atoms with Crippen LogP contribution in [0.15, 0.2) is 84.0 Å². The number of ether oxygens (including phenoxy) is 1. The SMILES string of the molecule is COc1ccc(C2CC(c3ccccc3)=NN2C(=O)c2ccc([N+](=O)[O-])cc2)cc1. The van der Waals surface area contributed by atoms with E-state index in [1.807, 2.05) is 54.6 Å². The van der Waals surface area contributed by atoms with Crippen LogP contribution >= 0.6 is 0 Å². The first kappa shape index (κ1) is 19.3. The highest BCUT2D eigenvalue weighted by Crippen LogP contribution is 2.34. The molecule has 150 valence electrons. The quantitative estimate of drug-likeness (QED) is 0.462. The summed E-state index contributed by atoms with van der Waals surface area (Å²) < 4.78 is 5.23. The number of nitro benzene ring substituents is 1. The standard InChI is InChI=1S/C23H19N3O4/c1-30-20-13-9-17(10-14-20)22-15-21(16-5-3-2-4-6-16)24-25(22)23(27)18-7-11-19(12-8-18)26(28)29/h2-14,22H,15H2,1H3. The molecule has 3 aromatic rings. The smallest absolute Gasteiger partial charge is 0.274 e. The van der Waals surface area contributed by atoms with E-state index in [0.29, 0.717) is 12.0 Å².